The first-order valence-electron chi connectivity index (χ1n) is 3.03. The zero-order chi connectivity index (χ0) is 9.35. The Morgan fingerprint density at radius 3 is 2.42 bits per heavy atom. The normalized spacial score (nSPS) is 11.5. The van der Waals surface area contributed by atoms with Crippen molar-refractivity contribution in [1.29, 1.82) is 0 Å². The standard InChI is InChI=1S/C6H7NO4S/c1-4-6(12(7,9)10)2-5(3-8)11-4/h2-3H,1H3,(H2,7,9,10). The largest absolute Gasteiger partial charge is 0.457 e. The smallest absolute Gasteiger partial charge is 0.241 e. The van der Waals surface area contributed by atoms with Gasteiger partial charge in [0.05, 0.1) is 0 Å². The molecule has 0 amide bonds. The highest BCUT2D eigenvalue weighted by Crippen LogP contribution is 2.16. The molecule has 1 heterocycles. The van der Waals surface area contributed by atoms with E-state index in [-0.39, 0.29) is 16.4 Å². The van der Waals surface area contributed by atoms with Gasteiger partial charge in [-0.15, -0.1) is 0 Å². The summed E-state index contributed by atoms with van der Waals surface area (Å²) in [5.74, 6) is 0.0797. The molecule has 5 nitrogen and oxygen atoms in total. The van der Waals surface area contributed by atoms with Crippen molar-refractivity contribution in [2.24, 2.45) is 5.14 Å². The van der Waals surface area contributed by atoms with Crippen LogP contribution in [0.2, 0.25) is 0 Å². The van der Waals surface area contributed by atoms with Gasteiger partial charge in [-0.3, -0.25) is 4.79 Å². The average molecular weight is 189 g/mol. The quantitative estimate of drug-likeness (QED) is 0.665. The summed E-state index contributed by atoms with van der Waals surface area (Å²) in [6.45, 7) is 1.42. The summed E-state index contributed by atoms with van der Waals surface area (Å²) in [4.78, 5) is 10.0. The second-order valence-corrected chi connectivity index (χ2v) is 3.76. The van der Waals surface area contributed by atoms with E-state index in [2.05, 4.69) is 0 Å². The number of aldehydes is 1. The molecule has 0 aliphatic carbocycles. The van der Waals surface area contributed by atoms with E-state index in [4.69, 9.17) is 9.56 Å². The summed E-state index contributed by atoms with van der Waals surface area (Å²) < 4.78 is 26.3. The molecule has 0 spiro atoms. The minimum atomic E-state index is -3.78. The second kappa shape index (κ2) is 2.72. The number of sulfonamides is 1. The summed E-state index contributed by atoms with van der Waals surface area (Å²) in [7, 11) is -3.78. The van der Waals surface area contributed by atoms with E-state index in [0.29, 0.717) is 6.29 Å². The Morgan fingerprint density at radius 1 is 1.58 bits per heavy atom. The summed E-state index contributed by atoms with van der Waals surface area (Å²) in [5, 5.41) is 4.82. The molecule has 0 atom stereocenters. The lowest BCUT2D eigenvalue weighted by Crippen LogP contribution is -2.12. The Bertz CT molecular complexity index is 403. The number of hydrogen-bond donors (Lipinski definition) is 1. The van der Waals surface area contributed by atoms with Gasteiger partial charge in [-0.2, -0.15) is 0 Å². The zero-order valence-electron chi connectivity index (χ0n) is 6.27. The Morgan fingerprint density at radius 2 is 2.17 bits per heavy atom. The Balaban J connectivity index is 3.36. The minimum Gasteiger partial charge on any atom is -0.457 e. The van der Waals surface area contributed by atoms with Gasteiger partial charge in [0.2, 0.25) is 10.0 Å². The van der Waals surface area contributed by atoms with E-state index in [1.807, 2.05) is 0 Å². The van der Waals surface area contributed by atoms with Gasteiger partial charge in [0.15, 0.2) is 12.0 Å². The summed E-state index contributed by atoms with van der Waals surface area (Å²) in [6, 6.07) is 1.09. The molecule has 0 saturated carbocycles. The van der Waals surface area contributed by atoms with E-state index in [1.165, 1.54) is 6.92 Å². The first kappa shape index (κ1) is 8.95. The van der Waals surface area contributed by atoms with Gasteiger partial charge in [0.1, 0.15) is 10.7 Å². The van der Waals surface area contributed by atoms with Crippen LogP contribution >= 0.6 is 0 Å². The number of hydrogen-bond acceptors (Lipinski definition) is 4. The van der Waals surface area contributed by atoms with Crippen molar-refractivity contribution in [2.75, 3.05) is 0 Å². The number of carbonyl (C=O) groups excluding carboxylic acids is 1. The highest BCUT2D eigenvalue weighted by atomic mass is 32.2. The molecule has 0 saturated heterocycles. The Hall–Kier alpha value is -1.14. The number of furan rings is 1. The van der Waals surface area contributed by atoms with Crippen LogP contribution in [0.25, 0.3) is 0 Å². The monoisotopic (exact) mass is 189 g/mol. The molecule has 1 aromatic heterocycles. The second-order valence-electron chi connectivity index (χ2n) is 2.23. The number of nitrogens with two attached hydrogens (primary N) is 1. The van der Waals surface area contributed by atoms with E-state index < -0.39 is 10.0 Å². The molecule has 1 rings (SSSR count). The van der Waals surface area contributed by atoms with Gasteiger partial charge < -0.3 is 4.42 Å². The predicted octanol–water partition coefficient (Wildman–Crippen LogP) is 0.0479. The molecule has 0 bridgehead atoms. The average Bonchev–Trinajstić information content (AvgIpc) is 2.29. The summed E-state index contributed by atoms with van der Waals surface area (Å²) in [5.41, 5.74) is 0. The molecule has 0 aliphatic rings. The van der Waals surface area contributed by atoms with E-state index in [0.717, 1.165) is 6.07 Å². The molecule has 66 valence electrons. The Labute approximate surface area is 69.2 Å². The van der Waals surface area contributed by atoms with Crippen LogP contribution in [0.1, 0.15) is 16.3 Å². The summed E-state index contributed by atoms with van der Waals surface area (Å²) >= 11 is 0. The minimum absolute atomic E-state index is 0.0449. The van der Waals surface area contributed by atoms with Crippen molar-refractivity contribution >= 4 is 16.3 Å². The summed E-state index contributed by atoms with van der Waals surface area (Å²) in [6.07, 6.45) is 0.418. The molecule has 0 fully saturated rings. The highest BCUT2D eigenvalue weighted by molar-refractivity contribution is 7.89. The van der Waals surface area contributed by atoms with Crippen molar-refractivity contribution < 1.29 is 17.6 Å². The van der Waals surface area contributed by atoms with Crippen LogP contribution in [0.15, 0.2) is 15.4 Å². The molecule has 1 aromatic rings. The predicted molar refractivity (Wildman–Crippen MR) is 40.2 cm³/mol. The van der Waals surface area contributed by atoms with Gasteiger partial charge in [-0.05, 0) is 6.92 Å². The van der Waals surface area contributed by atoms with Crippen LogP contribution in [0.5, 0.6) is 0 Å². The molecule has 0 unspecified atom stereocenters. The van der Waals surface area contributed by atoms with E-state index >= 15 is 0 Å². The van der Waals surface area contributed by atoms with Crippen molar-refractivity contribution in [3.05, 3.63) is 17.6 Å². The maximum absolute atomic E-state index is 10.8. The molecule has 6 heteroatoms. The number of aryl methyl sites for hydroxylation is 1. The van der Waals surface area contributed by atoms with Crippen LogP contribution in [-0.2, 0) is 10.0 Å². The van der Waals surface area contributed by atoms with Crippen LogP contribution in [-0.4, -0.2) is 14.7 Å². The van der Waals surface area contributed by atoms with E-state index in [9.17, 15) is 13.2 Å². The maximum atomic E-state index is 10.8. The lowest BCUT2D eigenvalue weighted by Gasteiger charge is -1.90. The van der Waals surface area contributed by atoms with Crippen molar-refractivity contribution in [1.82, 2.24) is 0 Å². The van der Waals surface area contributed by atoms with Crippen molar-refractivity contribution in [2.45, 2.75) is 11.8 Å². The molecule has 0 aromatic carbocycles. The van der Waals surface area contributed by atoms with Crippen LogP contribution in [0.3, 0.4) is 0 Å². The third-order valence-corrected chi connectivity index (χ3v) is 2.33. The van der Waals surface area contributed by atoms with Gasteiger partial charge in [0.25, 0.3) is 0 Å². The van der Waals surface area contributed by atoms with Crippen LogP contribution < -0.4 is 5.14 Å². The first-order chi connectivity index (χ1) is 5.45. The molecular weight excluding hydrogens is 182 g/mol. The van der Waals surface area contributed by atoms with Gasteiger partial charge in [-0.25, -0.2) is 13.6 Å². The van der Waals surface area contributed by atoms with E-state index in [1.54, 1.807) is 0 Å². The molecule has 2 N–H and O–H groups in total. The third-order valence-electron chi connectivity index (χ3n) is 1.31. The number of rotatable bonds is 2. The lowest BCUT2D eigenvalue weighted by molar-refractivity contribution is 0.109. The topological polar surface area (TPSA) is 90.4 Å². The Kier molecular flexibility index (Phi) is 2.03. The van der Waals surface area contributed by atoms with Gasteiger partial charge in [0, 0.05) is 6.07 Å². The fourth-order valence-corrected chi connectivity index (χ4v) is 1.55. The van der Waals surface area contributed by atoms with Gasteiger partial charge in [-0.1, -0.05) is 0 Å². The highest BCUT2D eigenvalue weighted by Gasteiger charge is 2.16. The fraction of sp³-hybridized carbons (Fsp3) is 0.167. The van der Waals surface area contributed by atoms with Crippen molar-refractivity contribution in [3.63, 3.8) is 0 Å². The fourth-order valence-electron chi connectivity index (χ4n) is 0.828. The zero-order valence-corrected chi connectivity index (χ0v) is 7.09. The van der Waals surface area contributed by atoms with Crippen molar-refractivity contribution in [3.8, 4) is 0 Å². The third kappa shape index (κ3) is 1.54. The molecular formula is C6H7NO4S. The SMILES string of the molecule is Cc1oc(C=O)cc1S(N)(=O)=O. The lowest BCUT2D eigenvalue weighted by atomic mass is 10.4. The maximum Gasteiger partial charge on any atom is 0.241 e. The first-order valence-corrected chi connectivity index (χ1v) is 4.58. The van der Waals surface area contributed by atoms with Crippen LogP contribution in [0.4, 0.5) is 0 Å². The van der Waals surface area contributed by atoms with Gasteiger partial charge >= 0.3 is 0 Å². The molecule has 0 aliphatic heterocycles. The molecule has 12 heavy (non-hydrogen) atoms. The number of primary sulfonamides is 1. The number of carbonyl (C=O) groups is 1. The van der Waals surface area contributed by atoms with Crippen LogP contribution in [0, 0.1) is 6.92 Å². The molecule has 0 radical (unpaired) electrons.